The van der Waals surface area contributed by atoms with Crippen LogP contribution in [0.5, 0.6) is 11.5 Å². The SMILES string of the molecule is NC(=O)c1nsc(C(=O)N(c2ccc3c(c2)OCO3)[C@@H](C(=O)NC[C@H]2CCCO2)c2ccc(F)cc2)c1N. The van der Waals surface area contributed by atoms with Gasteiger partial charge in [0.15, 0.2) is 17.2 Å². The summed E-state index contributed by atoms with van der Waals surface area (Å²) in [6.45, 7) is 0.838. The number of nitrogens with one attached hydrogen (secondary N) is 1. The number of nitrogen functional groups attached to an aromatic ring is 1. The highest BCUT2D eigenvalue weighted by atomic mass is 32.1. The van der Waals surface area contributed by atoms with E-state index in [0.717, 1.165) is 12.8 Å². The average molecular weight is 542 g/mol. The summed E-state index contributed by atoms with van der Waals surface area (Å²) in [4.78, 5) is 40.7. The number of benzene rings is 2. The van der Waals surface area contributed by atoms with E-state index < -0.39 is 29.6 Å². The van der Waals surface area contributed by atoms with Crippen molar-refractivity contribution in [1.82, 2.24) is 9.69 Å². The van der Waals surface area contributed by atoms with Gasteiger partial charge in [0, 0.05) is 24.9 Å². The lowest BCUT2D eigenvalue weighted by Gasteiger charge is -2.31. The summed E-state index contributed by atoms with van der Waals surface area (Å²) >= 11 is 0.687. The third kappa shape index (κ3) is 4.97. The first-order valence-corrected chi connectivity index (χ1v) is 12.5. The molecule has 0 saturated carbocycles. The van der Waals surface area contributed by atoms with E-state index >= 15 is 0 Å². The quantitative estimate of drug-likeness (QED) is 0.392. The molecule has 2 aliphatic rings. The van der Waals surface area contributed by atoms with Gasteiger partial charge < -0.3 is 31.0 Å². The summed E-state index contributed by atoms with van der Waals surface area (Å²) in [5.41, 5.74) is 11.6. The molecule has 2 atom stereocenters. The van der Waals surface area contributed by atoms with Crippen molar-refractivity contribution in [3.8, 4) is 11.5 Å². The Morgan fingerprint density at radius 2 is 1.92 bits per heavy atom. The highest BCUT2D eigenvalue weighted by Gasteiger charge is 2.37. The second-order valence-electron chi connectivity index (χ2n) is 8.69. The lowest BCUT2D eigenvalue weighted by molar-refractivity contribution is -0.123. The maximum atomic E-state index is 14.1. The summed E-state index contributed by atoms with van der Waals surface area (Å²) in [5.74, 6) is -1.81. The van der Waals surface area contributed by atoms with Crippen molar-refractivity contribution in [3.05, 3.63) is 64.4 Å². The van der Waals surface area contributed by atoms with Crippen LogP contribution in [-0.2, 0) is 9.53 Å². The van der Waals surface area contributed by atoms with Crippen molar-refractivity contribution in [3.63, 3.8) is 0 Å². The molecule has 38 heavy (non-hydrogen) atoms. The van der Waals surface area contributed by atoms with Crippen LogP contribution in [0.3, 0.4) is 0 Å². The van der Waals surface area contributed by atoms with Crippen LogP contribution in [0.4, 0.5) is 15.8 Å². The van der Waals surface area contributed by atoms with Gasteiger partial charge in [-0.15, -0.1) is 0 Å². The predicted octanol–water partition coefficient (Wildman–Crippen LogP) is 2.38. The van der Waals surface area contributed by atoms with E-state index in [-0.39, 0.29) is 41.4 Å². The standard InChI is InChI=1S/C25H24FN5O6S/c26-14-5-3-13(4-6-14)21(24(33)29-11-16-2-1-9-35-16)31(15-7-8-17-18(10-15)37-12-36-17)25(34)22-19(27)20(23(28)32)30-38-22/h3-8,10,16,21H,1-2,9,11-12,27H2,(H2,28,32)(H,29,33)/t16-,21-/m1/s1. The van der Waals surface area contributed by atoms with Gasteiger partial charge in [0.25, 0.3) is 11.8 Å². The zero-order valence-electron chi connectivity index (χ0n) is 20.0. The van der Waals surface area contributed by atoms with Crippen LogP contribution in [0, 0.1) is 5.82 Å². The number of carbonyl (C=O) groups excluding carboxylic acids is 3. The Bertz CT molecular complexity index is 1380. The number of nitrogens with two attached hydrogens (primary N) is 2. The molecule has 0 bridgehead atoms. The Hall–Kier alpha value is -4.23. The van der Waals surface area contributed by atoms with Gasteiger partial charge in [0.1, 0.15) is 16.7 Å². The summed E-state index contributed by atoms with van der Waals surface area (Å²) in [5, 5.41) is 2.86. The van der Waals surface area contributed by atoms with Crippen molar-refractivity contribution < 1.29 is 33.0 Å². The van der Waals surface area contributed by atoms with E-state index in [9.17, 15) is 18.8 Å². The molecule has 5 N–H and O–H groups in total. The van der Waals surface area contributed by atoms with Gasteiger partial charge in [0.2, 0.25) is 12.7 Å². The Labute approximate surface area is 220 Å². The van der Waals surface area contributed by atoms with Crippen LogP contribution in [0.2, 0.25) is 0 Å². The minimum atomic E-state index is -1.26. The minimum absolute atomic E-state index is 0.000235. The van der Waals surface area contributed by atoms with E-state index in [1.54, 1.807) is 18.2 Å². The normalized spacial score (nSPS) is 16.7. The number of primary amides is 1. The smallest absolute Gasteiger partial charge is 0.273 e. The third-order valence-corrected chi connectivity index (χ3v) is 7.08. The molecule has 1 saturated heterocycles. The van der Waals surface area contributed by atoms with Gasteiger partial charge in [-0.3, -0.25) is 19.3 Å². The monoisotopic (exact) mass is 541 g/mol. The predicted molar refractivity (Wildman–Crippen MR) is 136 cm³/mol. The molecule has 0 radical (unpaired) electrons. The van der Waals surface area contributed by atoms with E-state index in [1.807, 2.05) is 0 Å². The first-order chi connectivity index (χ1) is 18.3. The Balaban J connectivity index is 1.60. The fourth-order valence-corrected chi connectivity index (χ4v) is 5.08. The number of anilines is 2. The molecule has 2 aromatic carbocycles. The van der Waals surface area contributed by atoms with Gasteiger partial charge >= 0.3 is 0 Å². The number of amides is 3. The number of fused-ring (bicyclic) bond motifs is 1. The van der Waals surface area contributed by atoms with E-state index in [0.29, 0.717) is 35.2 Å². The van der Waals surface area contributed by atoms with Crippen molar-refractivity contribution in [2.75, 3.05) is 30.6 Å². The number of halogens is 1. The molecule has 1 aromatic heterocycles. The Kier molecular flexibility index (Phi) is 7.11. The minimum Gasteiger partial charge on any atom is -0.454 e. The molecule has 0 unspecified atom stereocenters. The zero-order valence-corrected chi connectivity index (χ0v) is 20.8. The molecule has 13 heteroatoms. The number of aromatic nitrogens is 1. The maximum absolute atomic E-state index is 14.1. The molecule has 3 heterocycles. The second-order valence-corrected chi connectivity index (χ2v) is 9.46. The average Bonchev–Trinajstić information content (AvgIpc) is 3.67. The maximum Gasteiger partial charge on any atom is 0.273 e. The number of nitrogens with zero attached hydrogens (tertiary/aromatic N) is 2. The molecule has 0 aliphatic carbocycles. The van der Waals surface area contributed by atoms with E-state index in [2.05, 4.69) is 9.69 Å². The summed E-state index contributed by atoms with van der Waals surface area (Å²) < 4.78 is 34.3. The summed E-state index contributed by atoms with van der Waals surface area (Å²) in [7, 11) is 0. The number of ether oxygens (including phenoxy) is 3. The number of carbonyl (C=O) groups is 3. The molecular weight excluding hydrogens is 517 g/mol. The van der Waals surface area contributed by atoms with E-state index in [1.165, 1.54) is 29.2 Å². The van der Waals surface area contributed by atoms with Gasteiger partial charge in [-0.25, -0.2) is 4.39 Å². The highest BCUT2D eigenvalue weighted by Crippen LogP contribution is 2.39. The fraction of sp³-hybridized carbons (Fsp3) is 0.280. The highest BCUT2D eigenvalue weighted by molar-refractivity contribution is 7.09. The summed E-state index contributed by atoms with van der Waals surface area (Å²) in [6, 6.07) is 8.72. The van der Waals surface area contributed by atoms with E-state index in [4.69, 9.17) is 25.7 Å². The second kappa shape index (κ2) is 10.6. The van der Waals surface area contributed by atoms with Crippen molar-refractivity contribution in [2.24, 2.45) is 5.73 Å². The molecule has 5 rings (SSSR count). The van der Waals surface area contributed by atoms with Crippen molar-refractivity contribution in [1.29, 1.82) is 0 Å². The van der Waals surface area contributed by atoms with Crippen molar-refractivity contribution >= 4 is 40.6 Å². The molecule has 3 amide bonds. The van der Waals surface area contributed by atoms with Crippen LogP contribution in [0.1, 0.15) is 44.6 Å². The zero-order chi connectivity index (χ0) is 26.8. The number of rotatable bonds is 8. The van der Waals surface area contributed by atoms with Crippen LogP contribution < -0.4 is 31.2 Å². The number of hydrogen-bond donors (Lipinski definition) is 3. The molecule has 1 fully saturated rings. The first kappa shape index (κ1) is 25.4. The molecule has 3 aromatic rings. The largest absolute Gasteiger partial charge is 0.454 e. The Morgan fingerprint density at radius 1 is 1.16 bits per heavy atom. The van der Waals surface area contributed by atoms with Crippen LogP contribution >= 0.6 is 11.5 Å². The lowest BCUT2D eigenvalue weighted by atomic mass is 10.0. The molecule has 198 valence electrons. The number of hydrogen-bond acceptors (Lipinski definition) is 9. The van der Waals surface area contributed by atoms with Gasteiger partial charge in [0.05, 0.1) is 11.8 Å². The fourth-order valence-electron chi connectivity index (χ4n) is 4.34. The van der Waals surface area contributed by atoms with Crippen LogP contribution in [-0.4, -0.2) is 48.1 Å². The molecule has 11 nitrogen and oxygen atoms in total. The van der Waals surface area contributed by atoms with Crippen LogP contribution in [0.25, 0.3) is 0 Å². The van der Waals surface area contributed by atoms with Crippen molar-refractivity contribution in [2.45, 2.75) is 25.0 Å². The summed E-state index contributed by atoms with van der Waals surface area (Å²) in [6.07, 6.45) is 1.52. The van der Waals surface area contributed by atoms with Gasteiger partial charge in [-0.05, 0) is 54.2 Å². The molecule has 2 aliphatic heterocycles. The van der Waals surface area contributed by atoms with Crippen LogP contribution in [0.15, 0.2) is 42.5 Å². The Morgan fingerprint density at radius 3 is 2.61 bits per heavy atom. The molecule has 0 spiro atoms. The van der Waals surface area contributed by atoms with Gasteiger partial charge in [-0.2, -0.15) is 4.37 Å². The lowest BCUT2D eigenvalue weighted by Crippen LogP contribution is -2.45. The topological polar surface area (TPSA) is 159 Å². The van der Waals surface area contributed by atoms with Gasteiger partial charge in [-0.1, -0.05) is 12.1 Å². The third-order valence-electron chi connectivity index (χ3n) is 6.23. The molecular formula is C25H24FN5O6S. The first-order valence-electron chi connectivity index (χ1n) is 11.8.